The number of hydrogen-bond acceptors (Lipinski definition) is 7. The fraction of sp³-hybridized carbons (Fsp3) is 0.0385. The molecule has 5 rings (SSSR count). The molecule has 0 saturated heterocycles. The van der Waals surface area contributed by atoms with Gasteiger partial charge in [-0.3, -0.25) is 4.55 Å². The van der Waals surface area contributed by atoms with Gasteiger partial charge in [0.2, 0.25) is 0 Å². The highest BCUT2D eigenvalue weighted by Crippen LogP contribution is 2.26. The van der Waals surface area contributed by atoms with Crippen LogP contribution in [0.2, 0.25) is 0 Å². The number of halogens is 1. The van der Waals surface area contributed by atoms with E-state index in [1.807, 2.05) is 0 Å². The van der Waals surface area contributed by atoms with Gasteiger partial charge in [0.25, 0.3) is 10.1 Å². The number of ether oxygens (including phenoxy) is 1. The van der Waals surface area contributed by atoms with E-state index in [-0.39, 0.29) is 17.1 Å². The van der Waals surface area contributed by atoms with E-state index in [2.05, 4.69) is 5.10 Å². The van der Waals surface area contributed by atoms with Crippen molar-refractivity contribution < 1.29 is 31.3 Å². The van der Waals surface area contributed by atoms with Gasteiger partial charge in [-0.25, -0.2) is 18.7 Å². The first kappa shape index (κ1) is 24.1. The van der Waals surface area contributed by atoms with E-state index in [1.54, 1.807) is 30.3 Å². The van der Waals surface area contributed by atoms with Gasteiger partial charge >= 0.3 is 11.6 Å². The number of carbonyl (C=O) groups excluding carboxylic acids is 1. The van der Waals surface area contributed by atoms with Crippen LogP contribution in [0.15, 0.2) is 99.0 Å². The lowest BCUT2D eigenvalue weighted by atomic mass is 10.1. The summed E-state index contributed by atoms with van der Waals surface area (Å²) in [5.74, 6) is -1.33. The van der Waals surface area contributed by atoms with Crippen molar-refractivity contribution in [3.63, 3.8) is 0 Å². The Labute approximate surface area is 209 Å². The van der Waals surface area contributed by atoms with Crippen molar-refractivity contribution in [2.24, 2.45) is 0 Å². The Kier molecular flexibility index (Phi) is 6.15. The zero-order valence-corrected chi connectivity index (χ0v) is 19.7. The molecule has 2 heterocycles. The van der Waals surface area contributed by atoms with Crippen LogP contribution in [0.3, 0.4) is 0 Å². The van der Waals surface area contributed by atoms with E-state index in [1.165, 1.54) is 59.3 Å². The maximum absolute atomic E-state index is 13.5. The summed E-state index contributed by atoms with van der Waals surface area (Å²) in [6.07, 6.45) is 0. The van der Waals surface area contributed by atoms with Crippen molar-refractivity contribution in [2.45, 2.75) is 11.5 Å². The Bertz CT molecular complexity index is 1790. The number of aromatic nitrogens is 2. The zero-order valence-electron chi connectivity index (χ0n) is 18.9. The minimum absolute atomic E-state index is 0.266. The molecule has 0 atom stereocenters. The summed E-state index contributed by atoms with van der Waals surface area (Å²) in [6.45, 7) is -0.296. The van der Waals surface area contributed by atoms with E-state index >= 15 is 0 Å². The second-order valence-electron chi connectivity index (χ2n) is 7.97. The maximum atomic E-state index is 13.5. The molecule has 2 aromatic heterocycles. The molecular formula is C26H17FN2O7S. The number of hydrogen-bond donors (Lipinski definition) is 1. The van der Waals surface area contributed by atoms with Crippen LogP contribution in [0, 0.1) is 5.82 Å². The maximum Gasteiger partial charge on any atom is 0.351 e. The zero-order chi connectivity index (χ0) is 26.2. The number of nitrogens with zero attached hydrogens (tertiary/aromatic N) is 2. The Hall–Kier alpha value is -4.61. The molecule has 0 bridgehead atoms. The normalized spacial score (nSPS) is 11.5. The molecule has 9 nitrogen and oxygen atoms in total. The van der Waals surface area contributed by atoms with Crippen molar-refractivity contribution in [3.05, 3.63) is 112 Å². The van der Waals surface area contributed by atoms with Gasteiger partial charge in [-0.1, -0.05) is 18.2 Å². The first-order valence-corrected chi connectivity index (χ1v) is 12.3. The van der Waals surface area contributed by atoms with Crippen molar-refractivity contribution >= 4 is 27.1 Å². The Balaban J connectivity index is 1.46. The number of para-hydroxylation sites is 1. The van der Waals surface area contributed by atoms with Crippen LogP contribution < -0.4 is 5.63 Å². The lowest BCUT2D eigenvalue weighted by molar-refractivity contribution is 0.0462. The lowest BCUT2D eigenvalue weighted by Gasteiger charge is -2.08. The van der Waals surface area contributed by atoms with Crippen molar-refractivity contribution in [2.75, 3.05) is 0 Å². The smallest absolute Gasteiger partial charge is 0.351 e. The lowest BCUT2D eigenvalue weighted by Crippen LogP contribution is -2.16. The van der Waals surface area contributed by atoms with E-state index in [9.17, 15) is 27.0 Å². The highest BCUT2D eigenvalue weighted by Gasteiger charge is 2.18. The van der Waals surface area contributed by atoms with Crippen LogP contribution in [0.5, 0.6) is 0 Å². The third-order valence-corrected chi connectivity index (χ3v) is 6.36. The van der Waals surface area contributed by atoms with Crippen molar-refractivity contribution in [3.8, 4) is 16.9 Å². The summed E-state index contributed by atoms with van der Waals surface area (Å²) in [4.78, 5) is 24.6. The van der Waals surface area contributed by atoms with E-state index in [4.69, 9.17) is 9.15 Å². The first-order valence-electron chi connectivity index (χ1n) is 10.8. The average Bonchev–Trinajstić information content (AvgIpc) is 3.31. The topological polar surface area (TPSA) is 129 Å². The molecule has 186 valence electrons. The van der Waals surface area contributed by atoms with E-state index in [0.717, 1.165) is 0 Å². The van der Waals surface area contributed by atoms with Crippen LogP contribution in [-0.2, 0) is 21.5 Å². The molecule has 0 aliphatic heterocycles. The largest absolute Gasteiger partial charge is 0.455 e. The molecule has 0 fully saturated rings. The number of esters is 1. The summed E-state index contributed by atoms with van der Waals surface area (Å²) in [6, 6.07) is 20.6. The van der Waals surface area contributed by atoms with Crippen LogP contribution >= 0.6 is 0 Å². The predicted octanol–water partition coefficient (Wildman–Crippen LogP) is 4.39. The summed E-state index contributed by atoms with van der Waals surface area (Å²) in [5, 5.41) is 5.00. The Morgan fingerprint density at radius 3 is 2.41 bits per heavy atom. The third-order valence-electron chi connectivity index (χ3n) is 5.49. The third kappa shape index (κ3) is 5.03. The summed E-state index contributed by atoms with van der Waals surface area (Å²) < 4.78 is 57.5. The van der Waals surface area contributed by atoms with Gasteiger partial charge in [-0.05, 0) is 66.7 Å². The number of benzene rings is 3. The molecule has 0 radical (unpaired) electrons. The van der Waals surface area contributed by atoms with Gasteiger partial charge in [0.05, 0.1) is 16.3 Å². The fourth-order valence-corrected chi connectivity index (χ4v) is 4.18. The molecular weight excluding hydrogens is 503 g/mol. The van der Waals surface area contributed by atoms with Gasteiger partial charge in [0.1, 0.15) is 29.3 Å². The monoisotopic (exact) mass is 520 g/mol. The molecule has 5 aromatic rings. The first-order chi connectivity index (χ1) is 17.7. The molecule has 37 heavy (non-hydrogen) atoms. The second-order valence-corrected chi connectivity index (χ2v) is 9.39. The van der Waals surface area contributed by atoms with Gasteiger partial charge in [0.15, 0.2) is 0 Å². The van der Waals surface area contributed by atoms with Crippen LogP contribution in [0.25, 0.3) is 27.9 Å². The second kappa shape index (κ2) is 9.45. The van der Waals surface area contributed by atoms with Crippen LogP contribution in [0.1, 0.15) is 16.1 Å². The van der Waals surface area contributed by atoms with Gasteiger partial charge in [0, 0.05) is 10.9 Å². The SMILES string of the molecule is O=C(OCc1cc(-c2ccc(F)cc2)n(-c2ccc(S(=O)(=O)O)cc2)n1)c1cc2ccccc2oc1=O. The minimum Gasteiger partial charge on any atom is -0.455 e. The molecule has 0 unspecified atom stereocenters. The fourth-order valence-electron chi connectivity index (χ4n) is 3.70. The Morgan fingerprint density at radius 2 is 1.70 bits per heavy atom. The molecule has 1 N–H and O–H groups in total. The van der Waals surface area contributed by atoms with Crippen molar-refractivity contribution in [1.82, 2.24) is 9.78 Å². The molecule has 3 aromatic carbocycles. The number of fused-ring (bicyclic) bond motifs is 1. The van der Waals surface area contributed by atoms with Crippen LogP contribution in [-0.4, -0.2) is 28.7 Å². The van der Waals surface area contributed by atoms with Crippen molar-refractivity contribution in [1.29, 1.82) is 0 Å². The molecule has 0 aliphatic rings. The van der Waals surface area contributed by atoms with Crippen LogP contribution in [0.4, 0.5) is 4.39 Å². The molecule has 0 amide bonds. The summed E-state index contributed by atoms with van der Waals surface area (Å²) >= 11 is 0. The van der Waals surface area contributed by atoms with Gasteiger partial charge in [-0.15, -0.1) is 0 Å². The quantitative estimate of drug-likeness (QED) is 0.198. The highest BCUT2D eigenvalue weighted by atomic mass is 32.2. The summed E-state index contributed by atoms with van der Waals surface area (Å²) in [5.41, 5.74) is 1.05. The number of rotatable bonds is 6. The number of carbonyl (C=O) groups is 1. The predicted molar refractivity (Wildman–Crippen MR) is 130 cm³/mol. The van der Waals surface area contributed by atoms with Gasteiger partial charge < -0.3 is 9.15 Å². The average molecular weight is 520 g/mol. The Morgan fingerprint density at radius 1 is 1.00 bits per heavy atom. The van der Waals surface area contributed by atoms with E-state index < -0.39 is 27.5 Å². The minimum atomic E-state index is -4.39. The molecule has 0 aliphatic carbocycles. The highest BCUT2D eigenvalue weighted by molar-refractivity contribution is 7.85. The molecule has 0 saturated carbocycles. The molecule has 0 spiro atoms. The summed E-state index contributed by atoms with van der Waals surface area (Å²) in [7, 11) is -4.39. The molecule has 11 heteroatoms. The standard InChI is InChI=1S/C26H17FN2O7S/c27-18-7-5-16(6-8-18)23-14-19(28-29(23)20-9-11-21(12-10-20)37(32,33)34)15-35-25(30)22-13-17-3-1-2-4-24(17)36-26(22)31/h1-14H,15H2,(H,32,33,34). The van der Waals surface area contributed by atoms with Gasteiger partial charge in [-0.2, -0.15) is 13.5 Å². The van der Waals surface area contributed by atoms with E-state index in [0.29, 0.717) is 33.6 Å².